The van der Waals surface area contributed by atoms with Gasteiger partial charge in [-0.25, -0.2) is 9.59 Å². The lowest BCUT2D eigenvalue weighted by Crippen LogP contribution is -2.60. The minimum Gasteiger partial charge on any atom is -0.508 e. The minimum absolute atomic E-state index is 0.0657. The van der Waals surface area contributed by atoms with Gasteiger partial charge in [-0.15, -0.1) is 0 Å². The predicted octanol–water partition coefficient (Wildman–Crippen LogP) is -1.38. The second-order valence-electron chi connectivity index (χ2n) is 9.03. The summed E-state index contributed by atoms with van der Waals surface area (Å²) in [5.41, 5.74) is 0.636. The molecule has 1 aliphatic carbocycles. The van der Waals surface area contributed by atoms with E-state index in [1.54, 1.807) is 12.1 Å². The SMILES string of the molecule is O=C(/C=C/c1ccc(O)cc1)OCC1=C[C@@H](O)[C@@H]2C(C(=O)O)=CO[C@@H](O[C@@H]3O[C@H](CO)[C@@H](O)[C@H](O)[C@H]3O)[C@H]12. The highest BCUT2D eigenvalue weighted by Gasteiger charge is 2.52. The van der Waals surface area contributed by atoms with Crippen molar-refractivity contribution in [2.75, 3.05) is 13.2 Å². The zero-order valence-corrected chi connectivity index (χ0v) is 19.8. The fourth-order valence-electron chi connectivity index (χ4n) is 4.62. The Morgan fingerprint density at radius 2 is 1.68 bits per heavy atom. The molecular weight excluding hydrogens is 508 g/mol. The van der Waals surface area contributed by atoms with Crippen LogP contribution >= 0.6 is 0 Å². The van der Waals surface area contributed by atoms with E-state index in [1.165, 1.54) is 24.3 Å². The number of aliphatic carboxylic acids is 1. The monoisotopic (exact) mass is 536 g/mol. The van der Waals surface area contributed by atoms with Gasteiger partial charge in [0.2, 0.25) is 6.29 Å². The summed E-state index contributed by atoms with van der Waals surface area (Å²) in [4.78, 5) is 24.1. The fourth-order valence-corrected chi connectivity index (χ4v) is 4.62. The molecule has 4 rings (SSSR count). The molecule has 0 saturated carbocycles. The molecule has 0 unspecified atom stereocenters. The summed E-state index contributed by atoms with van der Waals surface area (Å²) in [7, 11) is 0. The van der Waals surface area contributed by atoms with Gasteiger partial charge >= 0.3 is 11.9 Å². The van der Waals surface area contributed by atoms with Crippen LogP contribution in [0.3, 0.4) is 0 Å². The highest BCUT2D eigenvalue weighted by Crippen LogP contribution is 2.44. The van der Waals surface area contributed by atoms with Crippen LogP contribution in [0, 0.1) is 11.8 Å². The number of fused-ring (bicyclic) bond motifs is 1. The minimum atomic E-state index is -1.75. The van der Waals surface area contributed by atoms with Crippen LogP contribution in [0.1, 0.15) is 5.56 Å². The second kappa shape index (κ2) is 11.6. The highest BCUT2D eigenvalue weighted by atomic mass is 16.8. The summed E-state index contributed by atoms with van der Waals surface area (Å²) in [5, 5.41) is 69.4. The Bertz CT molecular complexity index is 1110. The number of carboxylic acids is 1. The van der Waals surface area contributed by atoms with Gasteiger partial charge in [-0.05, 0) is 29.3 Å². The van der Waals surface area contributed by atoms with Gasteiger partial charge in [0.05, 0.1) is 30.5 Å². The number of hydrogen-bond donors (Lipinski definition) is 7. The van der Waals surface area contributed by atoms with Crippen molar-refractivity contribution in [2.45, 2.75) is 43.1 Å². The summed E-state index contributed by atoms with van der Waals surface area (Å²) in [5.74, 6) is -4.08. The van der Waals surface area contributed by atoms with Crippen LogP contribution in [0.2, 0.25) is 0 Å². The third-order valence-electron chi connectivity index (χ3n) is 6.60. The van der Waals surface area contributed by atoms with Gasteiger partial charge in [-0.2, -0.15) is 0 Å². The van der Waals surface area contributed by atoms with Gasteiger partial charge < -0.3 is 54.7 Å². The molecule has 1 aromatic carbocycles. The quantitative estimate of drug-likeness (QED) is 0.116. The van der Waals surface area contributed by atoms with E-state index in [1.807, 2.05) is 0 Å². The van der Waals surface area contributed by atoms with E-state index in [9.17, 15) is 45.3 Å². The number of ether oxygens (including phenoxy) is 4. The van der Waals surface area contributed by atoms with Gasteiger partial charge in [0.15, 0.2) is 6.29 Å². The average Bonchev–Trinajstić information content (AvgIpc) is 3.23. The van der Waals surface area contributed by atoms with E-state index < -0.39 is 73.5 Å². The Hall–Kier alpha value is -3.30. The average molecular weight is 536 g/mol. The molecule has 1 saturated heterocycles. The molecule has 2 heterocycles. The lowest BCUT2D eigenvalue weighted by Gasteiger charge is -2.43. The molecule has 1 aromatic rings. The van der Waals surface area contributed by atoms with Crippen molar-refractivity contribution in [3.63, 3.8) is 0 Å². The molecule has 13 nitrogen and oxygen atoms in total. The molecule has 0 bridgehead atoms. The molecule has 7 N–H and O–H groups in total. The molecule has 13 heteroatoms. The maximum atomic E-state index is 12.3. The van der Waals surface area contributed by atoms with Crippen molar-refractivity contribution >= 4 is 18.0 Å². The predicted molar refractivity (Wildman–Crippen MR) is 125 cm³/mol. The first-order valence-corrected chi connectivity index (χ1v) is 11.7. The van der Waals surface area contributed by atoms with Crippen LogP contribution in [-0.2, 0) is 28.5 Å². The first-order valence-electron chi connectivity index (χ1n) is 11.7. The Kier molecular flexibility index (Phi) is 8.47. The fraction of sp³-hybridized carbons (Fsp3) is 0.440. The number of esters is 1. The molecule has 9 atom stereocenters. The van der Waals surface area contributed by atoms with E-state index in [0.717, 1.165) is 12.3 Å². The number of rotatable bonds is 8. The number of aromatic hydroxyl groups is 1. The van der Waals surface area contributed by atoms with Crippen LogP contribution in [0.4, 0.5) is 0 Å². The van der Waals surface area contributed by atoms with Crippen molar-refractivity contribution in [1.82, 2.24) is 0 Å². The third kappa shape index (κ3) is 5.73. The normalized spacial score (nSPS) is 34.7. The number of hydrogen-bond acceptors (Lipinski definition) is 12. The van der Waals surface area contributed by atoms with Crippen molar-refractivity contribution < 1.29 is 64.3 Å². The van der Waals surface area contributed by atoms with Gasteiger partial charge in [0.1, 0.15) is 36.8 Å². The van der Waals surface area contributed by atoms with Crippen LogP contribution in [0.5, 0.6) is 5.75 Å². The Labute approximate surface area is 216 Å². The number of aliphatic hydroxyl groups excluding tert-OH is 5. The van der Waals surface area contributed by atoms with Gasteiger partial charge in [-0.3, -0.25) is 0 Å². The smallest absolute Gasteiger partial charge is 0.335 e. The number of aliphatic hydroxyl groups is 5. The summed E-state index contributed by atoms with van der Waals surface area (Å²) in [6.07, 6.45) is -5.77. The maximum Gasteiger partial charge on any atom is 0.335 e. The van der Waals surface area contributed by atoms with Crippen LogP contribution < -0.4 is 0 Å². The molecule has 3 aliphatic rings. The Balaban J connectivity index is 1.49. The molecule has 38 heavy (non-hydrogen) atoms. The molecule has 0 radical (unpaired) electrons. The number of carbonyl (C=O) groups is 2. The topological polar surface area (TPSA) is 213 Å². The first kappa shape index (κ1) is 27.7. The summed E-state index contributed by atoms with van der Waals surface area (Å²) in [6.45, 7) is -1.05. The zero-order valence-electron chi connectivity index (χ0n) is 19.8. The van der Waals surface area contributed by atoms with Crippen molar-refractivity contribution in [2.24, 2.45) is 11.8 Å². The van der Waals surface area contributed by atoms with Crippen LogP contribution in [0.25, 0.3) is 6.08 Å². The van der Waals surface area contributed by atoms with Crippen molar-refractivity contribution in [3.8, 4) is 5.75 Å². The van der Waals surface area contributed by atoms with Gasteiger partial charge in [0, 0.05) is 12.0 Å². The van der Waals surface area contributed by atoms with E-state index in [0.29, 0.717) is 5.56 Å². The summed E-state index contributed by atoms with van der Waals surface area (Å²) < 4.78 is 21.8. The van der Waals surface area contributed by atoms with Crippen LogP contribution in [0.15, 0.2) is 53.8 Å². The van der Waals surface area contributed by atoms with E-state index >= 15 is 0 Å². The van der Waals surface area contributed by atoms with Crippen molar-refractivity contribution in [3.05, 3.63) is 59.4 Å². The van der Waals surface area contributed by atoms with E-state index in [4.69, 9.17) is 18.9 Å². The highest BCUT2D eigenvalue weighted by molar-refractivity contribution is 5.88. The zero-order chi connectivity index (χ0) is 27.6. The number of phenolic OH excluding ortho intramolecular Hbond substituents is 1. The third-order valence-corrected chi connectivity index (χ3v) is 6.60. The maximum absolute atomic E-state index is 12.3. The van der Waals surface area contributed by atoms with E-state index in [-0.39, 0.29) is 23.5 Å². The second-order valence-corrected chi connectivity index (χ2v) is 9.03. The van der Waals surface area contributed by atoms with Crippen molar-refractivity contribution in [1.29, 1.82) is 0 Å². The molecule has 0 aromatic heterocycles. The summed E-state index contributed by atoms with van der Waals surface area (Å²) in [6, 6.07) is 6.06. The number of carboxylic acid groups (broad SMARTS) is 1. The van der Waals surface area contributed by atoms with Gasteiger partial charge in [0.25, 0.3) is 0 Å². The van der Waals surface area contributed by atoms with Gasteiger partial charge in [-0.1, -0.05) is 18.2 Å². The molecule has 0 amide bonds. The molecular formula is C25H28O13. The number of phenols is 1. The largest absolute Gasteiger partial charge is 0.508 e. The number of benzene rings is 1. The first-order chi connectivity index (χ1) is 18.1. The Morgan fingerprint density at radius 3 is 2.34 bits per heavy atom. The number of carbonyl (C=O) groups excluding carboxylic acids is 1. The lowest BCUT2D eigenvalue weighted by atomic mass is 9.82. The lowest BCUT2D eigenvalue weighted by molar-refractivity contribution is -0.340. The molecule has 206 valence electrons. The summed E-state index contributed by atoms with van der Waals surface area (Å²) >= 11 is 0. The molecule has 0 spiro atoms. The standard InChI is InChI=1S/C25H28O13/c26-8-16-20(30)21(31)22(32)25(37-16)38-24-18-12(7-15(28)19(18)14(10-36-24)23(33)34)9-35-17(29)6-3-11-1-4-13(27)5-2-11/h1-7,10,15-16,18-22,24-28,30-32H,8-9H2,(H,33,34)/b6-3+/t15-,16-,18-,19+,20-,21+,22-,24+,25+/m1/s1. The van der Waals surface area contributed by atoms with E-state index in [2.05, 4.69) is 0 Å². The molecule has 1 fully saturated rings. The van der Waals surface area contributed by atoms with Crippen LogP contribution in [-0.4, -0.2) is 104 Å². The molecule has 2 aliphatic heterocycles. The Morgan fingerprint density at radius 1 is 0.974 bits per heavy atom.